The van der Waals surface area contributed by atoms with Crippen molar-refractivity contribution in [3.8, 4) is 0 Å². The van der Waals surface area contributed by atoms with Crippen LogP contribution < -0.4 is 5.01 Å². The van der Waals surface area contributed by atoms with E-state index in [9.17, 15) is 4.79 Å². The van der Waals surface area contributed by atoms with Crippen molar-refractivity contribution in [1.82, 2.24) is 4.98 Å². The average Bonchev–Trinajstić information content (AvgIpc) is 3.06. The van der Waals surface area contributed by atoms with E-state index >= 15 is 0 Å². The molecule has 2 aromatic rings. The monoisotopic (exact) mass is 315 g/mol. The van der Waals surface area contributed by atoms with Crippen LogP contribution in [0.5, 0.6) is 0 Å². The summed E-state index contributed by atoms with van der Waals surface area (Å²) in [7, 11) is 0. The summed E-state index contributed by atoms with van der Waals surface area (Å²) in [4.78, 5) is 17.2. The lowest BCUT2D eigenvalue weighted by Crippen LogP contribution is -2.22. The van der Waals surface area contributed by atoms with Gasteiger partial charge in [0, 0.05) is 6.42 Å². The molecule has 1 aliphatic rings. The lowest BCUT2D eigenvalue weighted by molar-refractivity contribution is -0.114. The third kappa shape index (κ3) is 2.39. The number of carbonyl (C=O) groups excluding carboxylic acids is 1. The smallest absolute Gasteiger partial charge is 0.286 e. The van der Waals surface area contributed by atoms with Gasteiger partial charge in [0.2, 0.25) is 5.13 Å². The van der Waals surface area contributed by atoms with Gasteiger partial charge in [-0.05, 0) is 26.0 Å². The molecule has 0 fully saturated rings. The number of para-hydroxylation sites is 1. The number of allylic oxidation sites excluding steroid dienone is 1. The highest BCUT2D eigenvalue weighted by molar-refractivity contribution is 7.22. The molecule has 3 rings (SSSR count). The summed E-state index contributed by atoms with van der Waals surface area (Å²) < 4.78 is 6.63. The second kappa shape index (κ2) is 5.88. The Hall–Kier alpha value is -2.21. The van der Waals surface area contributed by atoms with Gasteiger partial charge in [-0.3, -0.25) is 4.79 Å². The van der Waals surface area contributed by atoms with E-state index < -0.39 is 0 Å². The van der Waals surface area contributed by atoms with Crippen molar-refractivity contribution in [3.63, 3.8) is 0 Å². The van der Waals surface area contributed by atoms with Gasteiger partial charge in [-0.1, -0.05) is 30.4 Å². The highest BCUT2D eigenvalue weighted by Gasteiger charge is 2.33. The molecule has 0 saturated heterocycles. The highest BCUT2D eigenvalue weighted by Crippen LogP contribution is 2.33. The van der Waals surface area contributed by atoms with Crippen molar-refractivity contribution in [2.75, 3.05) is 11.6 Å². The van der Waals surface area contributed by atoms with Crippen LogP contribution in [0.15, 0.2) is 40.7 Å². The van der Waals surface area contributed by atoms with Crippen LogP contribution in [0.3, 0.4) is 0 Å². The zero-order valence-corrected chi connectivity index (χ0v) is 13.6. The summed E-state index contributed by atoms with van der Waals surface area (Å²) in [5.41, 5.74) is 2.11. The lowest BCUT2D eigenvalue weighted by atomic mass is 10.1. The van der Waals surface area contributed by atoms with Gasteiger partial charge in [-0.15, -0.1) is 0 Å². The number of hydrogen-bond acceptors (Lipinski definition) is 5. The number of ether oxygens (including phenoxy) is 1. The van der Waals surface area contributed by atoms with Gasteiger partial charge in [0.25, 0.3) is 5.91 Å². The van der Waals surface area contributed by atoms with Crippen molar-refractivity contribution in [3.05, 3.63) is 35.6 Å². The average molecular weight is 315 g/mol. The zero-order chi connectivity index (χ0) is 15.7. The first-order valence-electron chi connectivity index (χ1n) is 7.27. The standard InChI is InChI=1S/C16H17N3O2S/c1-4-12(21-5-2)14-10(3)18-19(15(14)20)16-17-11-8-6-7-9-13(11)22-16/h6-9H,4-5H2,1-3H3. The molecule has 0 N–H and O–H groups in total. The largest absolute Gasteiger partial charge is 0.497 e. The molecule has 0 unspecified atom stereocenters. The zero-order valence-electron chi connectivity index (χ0n) is 12.8. The van der Waals surface area contributed by atoms with E-state index in [0.717, 1.165) is 10.2 Å². The molecule has 2 heterocycles. The predicted octanol–water partition coefficient (Wildman–Crippen LogP) is 3.72. The maximum Gasteiger partial charge on any atom is 0.286 e. The van der Waals surface area contributed by atoms with Gasteiger partial charge in [-0.25, -0.2) is 4.98 Å². The Labute approximate surface area is 132 Å². The fourth-order valence-corrected chi connectivity index (χ4v) is 3.35. The molecule has 1 amide bonds. The summed E-state index contributed by atoms with van der Waals surface area (Å²) >= 11 is 1.46. The quantitative estimate of drug-likeness (QED) is 0.638. The Morgan fingerprint density at radius 3 is 2.77 bits per heavy atom. The van der Waals surface area contributed by atoms with Crippen LogP contribution in [-0.2, 0) is 9.53 Å². The lowest BCUT2D eigenvalue weighted by Gasteiger charge is -2.10. The molecule has 0 spiro atoms. The number of hydrogen-bond donors (Lipinski definition) is 0. The van der Waals surface area contributed by atoms with Gasteiger partial charge >= 0.3 is 0 Å². The molecule has 114 valence electrons. The third-order valence-corrected chi connectivity index (χ3v) is 4.41. The second-order valence-corrected chi connectivity index (χ2v) is 5.86. The summed E-state index contributed by atoms with van der Waals surface area (Å²) in [6.07, 6.45) is 0.662. The van der Waals surface area contributed by atoms with E-state index in [4.69, 9.17) is 4.74 Å². The molecule has 0 aliphatic carbocycles. The molecule has 5 nitrogen and oxygen atoms in total. The van der Waals surface area contributed by atoms with Crippen LogP contribution in [-0.4, -0.2) is 23.2 Å². The second-order valence-electron chi connectivity index (χ2n) is 4.85. The van der Waals surface area contributed by atoms with Crippen LogP contribution in [0.2, 0.25) is 0 Å². The minimum absolute atomic E-state index is 0.165. The molecule has 0 saturated carbocycles. The van der Waals surface area contributed by atoms with Crippen LogP contribution in [0, 0.1) is 0 Å². The maximum absolute atomic E-state index is 12.7. The van der Waals surface area contributed by atoms with Gasteiger partial charge in [0.1, 0.15) is 11.3 Å². The fraction of sp³-hybridized carbons (Fsp3) is 0.312. The summed E-state index contributed by atoms with van der Waals surface area (Å²) in [5.74, 6) is 0.527. The molecule has 0 atom stereocenters. The predicted molar refractivity (Wildman–Crippen MR) is 89.2 cm³/mol. The van der Waals surface area contributed by atoms with Crippen LogP contribution in [0.4, 0.5) is 5.13 Å². The fourth-order valence-electron chi connectivity index (χ4n) is 2.43. The number of nitrogens with zero attached hydrogens (tertiary/aromatic N) is 3. The van der Waals surface area contributed by atoms with E-state index in [2.05, 4.69) is 10.1 Å². The number of anilines is 1. The van der Waals surface area contributed by atoms with Crippen LogP contribution in [0.1, 0.15) is 27.2 Å². The van der Waals surface area contributed by atoms with Crippen LogP contribution >= 0.6 is 11.3 Å². The SMILES string of the molecule is CCOC(CC)=C1C(=O)N(c2nc3ccccc3s2)N=C1C. The normalized spacial score (nSPS) is 17.1. The Bertz CT molecular complexity index is 759. The van der Waals surface area contributed by atoms with Crippen LogP contribution in [0.25, 0.3) is 10.2 Å². The Morgan fingerprint density at radius 1 is 1.32 bits per heavy atom. The van der Waals surface area contributed by atoms with Crippen molar-refractivity contribution in [2.24, 2.45) is 5.10 Å². The summed E-state index contributed by atoms with van der Waals surface area (Å²) in [5, 5.41) is 6.35. The maximum atomic E-state index is 12.7. The first-order valence-corrected chi connectivity index (χ1v) is 8.08. The summed E-state index contributed by atoms with van der Waals surface area (Å²) in [6.45, 7) is 6.25. The molecule has 1 aliphatic heterocycles. The Balaban J connectivity index is 2.02. The van der Waals surface area contributed by atoms with Gasteiger partial charge in [-0.2, -0.15) is 10.1 Å². The molecular weight excluding hydrogens is 298 g/mol. The Morgan fingerprint density at radius 2 is 2.09 bits per heavy atom. The minimum atomic E-state index is -0.165. The van der Waals surface area contributed by atoms with E-state index in [1.807, 2.05) is 45.0 Å². The number of hydrazone groups is 1. The highest BCUT2D eigenvalue weighted by atomic mass is 32.1. The molecule has 0 bridgehead atoms. The van der Waals surface area contributed by atoms with E-state index in [0.29, 0.717) is 35.2 Å². The Kier molecular flexibility index (Phi) is 3.94. The number of amides is 1. The number of benzene rings is 1. The molecule has 0 radical (unpaired) electrons. The van der Waals surface area contributed by atoms with Gasteiger partial charge in [0.05, 0.1) is 22.5 Å². The number of fused-ring (bicyclic) bond motifs is 1. The van der Waals surface area contributed by atoms with E-state index in [1.54, 1.807) is 0 Å². The molecular formula is C16H17N3O2S. The molecule has 22 heavy (non-hydrogen) atoms. The van der Waals surface area contributed by atoms with Crippen molar-refractivity contribution < 1.29 is 9.53 Å². The number of rotatable bonds is 4. The van der Waals surface area contributed by atoms with Crippen molar-refractivity contribution in [2.45, 2.75) is 27.2 Å². The van der Waals surface area contributed by atoms with Crippen molar-refractivity contribution in [1.29, 1.82) is 0 Å². The third-order valence-electron chi connectivity index (χ3n) is 3.40. The number of aromatic nitrogens is 1. The first kappa shape index (κ1) is 14.7. The van der Waals surface area contributed by atoms with Gasteiger partial charge < -0.3 is 4.74 Å². The van der Waals surface area contributed by atoms with E-state index in [-0.39, 0.29) is 5.91 Å². The first-order chi connectivity index (χ1) is 10.7. The molecule has 6 heteroatoms. The minimum Gasteiger partial charge on any atom is -0.497 e. The molecule has 1 aromatic heterocycles. The van der Waals surface area contributed by atoms with E-state index in [1.165, 1.54) is 16.3 Å². The molecule has 1 aromatic carbocycles. The number of thiazole rings is 1. The summed E-state index contributed by atoms with van der Waals surface area (Å²) in [6, 6.07) is 7.81. The van der Waals surface area contributed by atoms with Crippen molar-refractivity contribution >= 4 is 38.3 Å². The van der Waals surface area contributed by atoms with Gasteiger partial charge in [0.15, 0.2) is 0 Å². The number of carbonyl (C=O) groups is 1. The topological polar surface area (TPSA) is 54.8 Å².